The zero-order valence-electron chi connectivity index (χ0n) is 18.6. The van der Waals surface area contributed by atoms with Gasteiger partial charge in [0.25, 0.3) is 0 Å². The van der Waals surface area contributed by atoms with Crippen molar-refractivity contribution in [2.24, 2.45) is 22.2 Å². The molecule has 1 aliphatic rings. The molecule has 194 valence electrons. The lowest BCUT2D eigenvalue weighted by atomic mass is 9.85. The van der Waals surface area contributed by atoms with Gasteiger partial charge in [0.15, 0.2) is 17.8 Å². The van der Waals surface area contributed by atoms with Gasteiger partial charge in [-0.05, 0) is 18.9 Å². The van der Waals surface area contributed by atoms with E-state index in [4.69, 9.17) is 32.8 Å². The summed E-state index contributed by atoms with van der Waals surface area (Å²) in [6.07, 6.45) is 0.486. The lowest BCUT2D eigenvalue weighted by Gasteiger charge is -2.41. The molecule has 0 aliphatic carbocycles. The quantitative estimate of drug-likeness (QED) is 0.0601. The molecule has 0 fully saturated rings. The molecule has 0 radical (unpaired) electrons. The molecule has 35 heavy (non-hydrogen) atoms. The van der Waals surface area contributed by atoms with Crippen molar-refractivity contribution in [3.8, 4) is 0 Å². The number of rotatable bonds is 11. The van der Waals surface area contributed by atoms with Crippen LogP contribution in [-0.4, -0.2) is 84.8 Å². The highest BCUT2D eigenvalue weighted by Gasteiger charge is 2.50. The highest BCUT2D eigenvalue weighted by molar-refractivity contribution is 5.83. The number of carboxylic acid groups (broad SMARTS) is 1. The van der Waals surface area contributed by atoms with Crippen molar-refractivity contribution >= 4 is 23.7 Å². The maximum atomic E-state index is 12.4. The minimum Gasteiger partial charge on any atom is -0.479 e. The average molecular weight is 498 g/mol. The number of anilines is 1. The first-order valence-corrected chi connectivity index (χ1v) is 10.4. The molecule has 1 aliphatic heterocycles. The molecule has 0 saturated carbocycles. The molecule has 5 atom stereocenters. The van der Waals surface area contributed by atoms with Crippen LogP contribution in [0.4, 0.5) is 5.82 Å². The van der Waals surface area contributed by atoms with E-state index < -0.39 is 67.2 Å². The second-order valence-corrected chi connectivity index (χ2v) is 7.79. The minimum atomic E-state index is -2.59. The molecule has 0 saturated heterocycles. The van der Waals surface area contributed by atoms with Gasteiger partial charge in [-0.3, -0.25) is 14.4 Å². The van der Waals surface area contributed by atoms with Crippen molar-refractivity contribution in [3.05, 3.63) is 34.4 Å². The van der Waals surface area contributed by atoms with Crippen LogP contribution in [0.2, 0.25) is 0 Å². The SMILES string of the molecule is NC(N)=NCCC[C@](O)(C(=O)O)[C@H]1O[C@H](n2cc(CO)c(N)nc2=O)C=C[C@@H]1NC(=O)[C@@H](N)CO. The summed E-state index contributed by atoms with van der Waals surface area (Å²) in [6, 6.07) is -2.55. The summed E-state index contributed by atoms with van der Waals surface area (Å²) >= 11 is 0. The largest absolute Gasteiger partial charge is 0.479 e. The summed E-state index contributed by atoms with van der Waals surface area (Å²) in [4.78, 5) is 44.2. The third-order valence-corrected chi connectivity index (χ3v) is 5.29. The van der Waals surface area contributed by atoms with Gasteiger partial charge < -0.3 is 53.4 Å². The Labute approximate surface area is 198 Å². The Morgan fingerprint density at radius 2 is 2.00 bits per heavy atom. The second kappa shape index (κ2) is 11.7. The molecular formula is C19H30N8O8. The number of nitrogens with two attached hydrogens (primary N) is 4. The Morgan fingerprint density at radius 3 is 2.57 bits per heavy atom. The number of aliphatic imine (C=N–C) groups is 1. The summed E-state index contributed by atoms with van der Waals surface area (Å²) in [5.41, 5.74) is 18.3. The Kier molecular flexibility index (Phi) is 9.26. The van der Waals surface area contributed by atoms with E-state index in [1.54, 1.807) is 0 Å². The first-order valence-electron chi connectivity index (χ1n) is 10.4. The highest BCUT2D eigenvalue weighted by Crippen LogP contribution is 2.31. The fourth-order valence-corrected chi connectivity index (χ4v) is 3.40. The van der Waals surface area contributed by atoms with Gasteiger partial charge in [0.05, 0.1) is 19.3 Å². The summed E-state index contributed by atoms with van der Waals surface area (Å²) < 4.78 is 6.74. The maximum Gasteiger partial charge on any atom is 0.351 e. The first-order chi connectivity index (χ1) is 16.4. The Bertz CT molecular complexity index is 1040. The van der Waals surface area contributed by atoms with Crippen LogP contribution in [-0.2, 0) is 20.9 Å². The predicted molar refractivity (Wildman–Crippen MR) is 121 cm³/mol. The zero-order valence-corrected chi connectivity index (χ0v) is 18.6. The molecule has 2 heterocycles. The fourth-order valence-electron chi connectivity index (χ4n) is 3.40. The van der Waals surface area contributed by atoms with Crippen LogP contribution in [0.5, 0.6) is 0 Å². The van der Waals surface area contributed by atoms with Gasteiger partial charge in [0.1, 0.15) is 18.0 Å². The number of aliphatic hydroxyl groups is 3. The number of carboxylic acids is 1. The number of hydrogen-bond donors (Lipinski definition) is 9. The van der Waals surface area contributed by atoms with Crippen LogP contribution in [0.25, 0.3) is 0 Å². The fraction of sp³-hybridized carbons (Fsp3) is 0.526. The molecule has 0 spiro atoms. The lowest BCUT2D eigenvalue weighted by Crippen LogP contribution is -2.62. The number of hydrogen-bond acceptors (Lipinski definition) is 11. The molecule has 1 aromatic rings. The van der Waals surface area contributed by atoms with E-state index >= 15 is 0 Å². The van der Waals surface area contributed by atoms with E-state index in [0.717, 1.165) is 4.57 Å². The summed E-state index contributed by atoms with van der Waals surface area (Å²) in [6.45, 7) is -1.23. The van der Waals surface area contributed by atoms with Crippen LogP contribution in [0.3, 0.4) is 0 Å². The van der Waals surface area contributed by atoms with Crippen molar-refractivity contribution < 1.29 is 34.8 Å². The van der Waals surface area contributed by atoms with Crippen LogP contribution >= 0.6 is 0 Å². The molecule has 1 aromatic heterocycles. The first kappa shape index (κ1) is 27.7. The van der Waals surface area contributed by atoms with Gasteiger partial charge in [-0.25, -0.2) is 9.59 Å². The van der Waals surface area contributed by atoms with Crippen molar-refractivity contribution in [1.82, 2.24) is 14.9 Å². The number of nitrogen functional groups attached to an aromatic ring is 1. The van der Waals surface area contributed by atoms with E-state index in [1.807, 2.05) is 0 Å². The average Bonchev–Trinajstić information content (AvgIpc) is 2.81. The van der Waals surface area contributed by atoms with Crippen LogP contribution in [0.1, 0.15) is 24.6 Å². The standard InChI is InChI=1S/C19H30N8O8/c20-10(8-29)15(30)25-11-2-3-12(27-6-9(7-28)14(21)26-18(27)33)35-13(11)19(34,16(31)32)4-1-5-24-17(22)23/h2-3,6,10-13,28-29,34H,1,4-5,7-8,20H2,(H,25,30)(H,31,32)(H2,21,26,33)(H4,22,23,24)/t10-,11-,12-,13-,19+/m0/s1. The second-order valence-electron chi connectivity index (χ2n) is 7.79. The van der Waals surface area contributed by atoms with Gasteiger partial charge in [0.2, 0.25) is 5.91 Å². The molecule has 2 rings (SSSR count). The summed E-state index contributed by atoms with van der Waals surface area (Å²) in [7, 11) is 0. The third kappa shape index (κ3) is 6.52. The number of aliphatic hydroxyl groups excluding tert-OH is 2. The van der Waals surface area contributed by atoms with Gasteiger partial charge in [-0.2, -0.15) is 4.98 Å². The number of nitrogens with zero attached hydrogens (tertiary/aromatic N) is 3. The predicted octanol–water partition coefficient (Wildman–Crippen LogP) is -4.55. The van der Waals surface area contributed by atoms with E-state index in [1.165, 1.54) is 18.3 Å². The Hall–Kier alpha value is -3.57. The van der Waals surface area contributed by atoms with Gasteiger partial charge >= 0.3 is 11.7 Å². The molecule has 16 nitrogen and oxygen atoms in total. The highest BCUT2D eigenvalue weighted by atomic mass is 16.5. The van der Waals surface area contributed by atoms with E-state index in [2.05, 4.69) is 15.3 Å². The van der Waals surface area contributed by atoms with Gasteiger partial charge in [-0.15, -0.1) is 0 Å². The number of nitrogens with one attached hydrogen (secondary N) is 1. The maximum absolute atomic E-state index is 12.4. The molecule has 13 N–H and O–H groups in total. The smallest absolute Gasteiger partial charge is 0.351 e. The normalized spacial score (nSPS) is 22.1. The minimum absolute atomic E-state index is 0.00246. The molecule has 0 unspecified atom stereocenters. The lowest BCUT2D eigenvalue weighted by molar-refractivity contribution is -0.193. The zero-order chi connectivity index (χ0) is 26.3. The molecule has 0 aromatic carbocycles. The number of aromatic nitrogens is 2. The van der Waals surface area contributed by atoms with Crippen molar-refractivity contribution in [2.75, 3.05) is 18.9 Å². The number of ether oxygens (including phenoxy) is 1. The number of guanidine groups is 1. The van der Waals surface area contributed by atoms with E-state index in [9.17, 15) is 29.7 Å². The molecular weight excluding hydrogens is 468 g/mol. The topological polar surface area (TPSA) is 288 Å². The molecule has 0 bridgehead atoms. The van der Waals surface area contributed by atoms with Crippen molar-refractivity contribution in [2.45, 2.75) is 49.5 Å². The van der Waals surface area contributed by atoms with Crippen molar-refractivity contribution in [3.63, 3.8) is 0 Å². The molecule has 16 heteroatoms. The number of carbonyl (C=O) groups excluding carboxylic acids is 1. The van der Waals surface area contributed by atoms with E-state index in [0.29, 0.717) is 0 Å². The third-order valence-electron chi connectivity index (χ3n) is 5.29. The summed E-state index contributed by atoms with van der Waals surface area (Å²) in [5.74, 6) is -2.93. The van der Waals surface area contributed by atoms with Crippen LogP contribution in [0, 0.1) is 0 Å². The molecule has 1 amide bonds. The van der Waals surface area contributed by atoms with Gasteiger partial charge in [0, 0.05) is 18.3 Å². The van der Waals surface area contributed by atoms with Crippen LogP contribution in [0.15, 0.2) is 28.1 Å². The van der Waals surface area contributed by atoms with E-state index in [-0.39, 0.29) is 30.3 Å². The number of carbonyl (C=O) groups is 2. The van der Waals surface area contributed by atoms with Crippen molar-refractivity contribution in [1.29, 1.82) is 0 Å². The monoisotopic (exact) mass is 498 g/mol. The Morgan fingerprint density at radius 1 is 1.31 bits per heavy atom. The summed E-state index contributed by atoms with van der Waals surface area (Å²) in [5, 5.41) is 42.1. The number of aliphatic carboxylic acids is 1. The Balaban J connectivity index is 2.48. The number of amides is 1. The van der Waals surface area contributed by atoms with Gasteiger partial charge in [-0.1, -0.05) is 6.08 Å². The van der Waals surface area contributed by atoms with Crippen LogP contribution < -0.4 is 33.9 Å².